The molecule has 6 nitrogen and oxygen atoms in total. The topological polar surface area (TPSA) is 82.3 Å². The number of halogens is 2. The van der Waals surface area contributed by atoms with Gasteiger partial charge in [0, 0.05) is 19.0 Å². The van der Waals surface area contributed by atoms with Gasteiger partial charge in [-0.15, -0.1) is 0 Å². The lowest BCUT2D eigenvalue weighted by Crippen LogP contribution is -2.05. The van der Waals surface area contributed by atoms with Crippen molar-refractivity contribution in [1.29, 1.82) is 0 Å². The third-order valence-electron chi connectivity index (χ3n) is 3.05. The van der Waals surface area contributed by atoms with Gasteiger partial charge in [0.05, 0.1) is 18.2 Å². The molecule has 1 aromatic carbocycles. The second kappa shape index (κ2) is 6.46. The number of nitrogens with zero attached hydrogens (tertiary/aromatic N) is 2. The fraction of sp³-hybridized carbons (Fsp3) is 0.286. The van der Waals surface area contributed by atoms with E-state index in [1.165, 1.54) is 0 Å². The third-order valence-corrected chi connectivity index (χ3v) is 3.52. The van der Waals surface area contributed by atoms with E-state index in [1.807, 2.05) is 12.1 Å². The lowest BCUT2D eigenvalue weighted by Gasteiger charge is -2.12. The second-order valence-electron chi connectivity index (χ2n) is 4.74. The Bertz CT molecular complexity index is 677. The number of nitrogens with two attached hydrogens (primary N) is 1. The van der Waals surface area contributed by atoms with Crippen LogP contribution in [0.1, 0.15) is 12.0 Å². The number of fused-ring (bicyclic) bond motifs is 1. The van der Waals surface area contributed by atoms with Crippen molar-refractivity contribution in [2.45, 2.75) is 13.0 Å². The summed E-state index contributed by atoms with van der Waals surface area (Å²) in [4.78, 5) is 7.86. The molecule has 3 rings (SSSR count). The van der Waals surface area contributed by atoms with Crippen molar-refractivity contribution in [2.24, 2.45) is 0 Å². The molecule has 2 heterocycles. The van der Waals surface area contributed by atoms with Gasteiger partial charge in [-0.05, 0) is 17.7 Å². The first kappa shape index (κ1) is 15.0. The van der Waals surface area contributed by atoms with Crippen molar-refractivity contribution in [3.8, 4) is 11.5 Å². The van der Waals surface area contributed by atoms with E-state index in [-0.39, 0.29) is 11.1 Å². The van der Waals surface area contributed by atoms with Crippen LogP contribution in [-0.2, 0) is 6.54 Å². The molecule has 1 aliphatic rings. The van der Waals surface area contributed by atoms with Crippen molar-refractivity contribution < 1.29 is 9.47 Å². The van der Waals surface area contributed by atoms with Crippen molar-refractivity contribution >= 4 is 35.0 Å². The van der Waals surface area contributed by atoms with Gasteiger partial charge in [0.1, 0.15) is 11.0 Å². The van der Waals surface area contributed by atoms with Gasteiger partial charge in [0.15, 0.2) is 11.5 Å². The minimum atomic E-state index is 0.117. The van der Waals surface area contributed by atoms with Crippen LogP contribution in [0.4, 0.5) is 11.8 Å². The van der Waals surface area contributed by atoms with Gasteiger partial charge in [-0.1, -0.05) is 23.2 Å². The van der Waals surface area contributed by atoms with Crippen LogP contribution in [0.3, 0.4) is 0 Å². The van der Waals surface area contributed by atoms with Crippen molar-refractivity contribution in [3.63, 3.8) is 0 Å². The lowest BCUT2D eigenvalue weighted by atomic mass is 10.2. The number of anilines is 2. The molecule has 0 fully saturated rings. The Balaban J connectivity index is 1.78. The summed E-state index contributed by atoms with van der Waals surface area (Å²) in [6.45, 7) is 1.70. The minimum absolute atomic E-state index is 0.117. The summed E-state index contributed by atoms with van der Waals surface area (Å²) in [6, 6.07) is 5.32. The highest BCUT2D eigenvalue weighted by Gasteiger charge is 2.15. The molecule has 1 aliphatic heterocycles. The normalized spacial score (nSPS) is 13.5. The summed E-state index contributed by atoms with van der Waals surface area (Å²) in [5.41, 5.74) is 6.49. The van der Waals surface area contributed by atoms with Crippen LogP contribution in [0.2, 0.25) is 10.2 Å². The largest absolute Gasteiger partial charge is 0.489 e. The number of ether oxygens (including phenoxy) is 2. The Kier molecular flexibility index (Phi) is 4.40. The first-order valence-corrected chi connectivity index (χ1v) is 7.49. The van der Waals surface area contributed by atoms with E-state index in [0.717, 1.165) is 12.0 Å². The standard InChI is InChI=1S/C14H14Cl2N4O2/c15-9-4-8(5-10-13(9)22-3-1-2-21-10)7-18-12-6-11(16)19-14(17)20-12/h4-6H,1-3,7H2,(H3,17,18,19,20). The summed E-state index contributed by atoms with van der Waals surface area (Å²) in [5.74, 6) is 1.91. The second-order valence-corrected chi connectivity index (χ2v) is 5.54. The fourth-order valence-electron chi connectivity index (χ4n) is 2.10. The first-order valence-electron chi connectivity index (χ1n) is 6.74. The van der Waals surface area contributed by atoms with Crippen LogP contribution in [0.25, 0.3) is 0 Å². The van der Waals surface area contributed by atoms with Crippen LogP contribution < -0.4 is 20.5 Å². The molecular weight excluding hydrogens is 327 g/mol. The van der Waals surface area contributed by atoms with Crippen molar-refractivity contribution in [2.75, 3.05) is 24.3 Å². The zero-order valence-electron chi connectivity index (χ0n) is 11.6. The number of nitrogen functional groups attached to an aromatic ring is 1. The maximum atomic E-state index is 6.25. The molecule has 22 heavy (non-hydrogen) atoms. The molecule has 0 aliphatic carbocycles. The Morgan fingerprint density at radius 1 is 1.14 bits per heavy atom. The van der Waals surface area contributed by atoms with Gasteiger partial charge in [0.25, 0.3) is 0 Å². The molecule has 0 saturated carbocycles. The average Bonchev–Trinajstić information content (AvgIpc) is 2.70. The number of benzene rings is 1. The summed E-state index contributed by atoms with van der Waals surface area (Å²) in [6.07, 6.45) is 0.831. The molecule has 0 radical (unpaired) electrons. The quantitative estimate of drug-likeness (QED) is 0.835. The van der Waals surface area contributed by atoms with Crippen molar-refractivity contribution in [1.82, 2.24) is 9.97 Å². The Labute approximate surface area is 137 Å². The Hall–Kier alpha value is -1.92. The summed E-state index contributed by atoms with van der Waals surface area (Å²) >= 11 is 12.1. The molecule has 0 spiro atoms. The molecule has 0 atom stereocenters. The van der Waals surface area contributed by atoms with Crippen LogP contribution in [0, 0.1) is 0 Å². The molecule has 0 unspecified atom stereocenters. The van der Waals surface area contributed by atoms with Crippen molar-refractivity contribution in [3.05, 3.63) is 33.9 Å². The lowest BCUT2D eigenvalue weighted by molar-refractivity contribution is 0.297. The zero-order valence-corrected chi connectivity index (χ0v) is 13.1. The van der Waals surface area contributed by atoms with E-state index in [2.05, 4.69) is 15.3 Å². The predicted molar refractivity (Wildman–Crippen MR) is 85.8 cm³/mol. The molecule has 8 heteroatoms. The highest BCUT2D eigenvalue weighted by molar-refractivity contribution is 6.32. The van der Waals surface area contributed by atoms with E-state index < -0.39 is 0 Å². The number of hydrogen-bond donors (Lipinski definition) is 2. The molecule has 3 N–H and O–H groups in total. The van der Waals surface area contributed by atoms with Crippen LogP contribution in [0.15, 0.2) is 18.2 Å². The number of nitrogens with one attached hydrogen (secondary N) is 1. The van der Waals surface area contributed by atoms with E-state index >= 15 is 0 Å². The smallest absolute Gasteiger partial charge is 0.223 e. The number of rotatable bonds is 3. The van der Waals surface area contributed by atoms with E-state index in [9.17, 15) is 0 Å². The SMILES string of the molecule is Nc1nc(Cl)cc(NCc2cc(Cl)c3c(c2)OCCCO3)n1. The molecule has 0 amide bonds. The van der Waals surface area contributed by atoms with E-state index in [4.69, 9.17) is 38.4 Å². The maximum absolute atomic E-state index is 6.25. The minimum Gasteiger partial charge on any atom is -0.489 e. The molecule has 0 bridgehead atoms. The van der Waals surface area contributed by atoms with E-state index in [1.54, 1.807) is 6.07 Å². The highest BCUT2D eigenvalue weighted by Crippen LogP contribution is 2.38. The first-order chi connectivity index (χ1) is 10.6. The van der Waals surface area contributed by atoms with Crippen LogP contribution in [0.5, 0.6) is 11.5 Å². The molecule has 1 aromatic heterocycles. The Morgan fingerprint density at radius 2 is 1.95 bits per heavy atom. The monoisotopic (exact) mass is 340 g/mol. The van der Waals surface area contributed by atoms with Gasteiger partial charge in [-0.25, -0.2) is 4.98 Å². The zero-order chi connectivity index (χ0) is 15.5. The van der Waals surface area contributed by atoms with Gasteiger partial charge in [-0.3, -0.25) is 0 Å². The van der Waals surface area contributed by atoms with Gasteiger partial charge in [0.2, 0.25) is 5.95 Å². The Morgan fingerprint density at radius 3 is 2.77 bits per heavy atom. The summed E-state index contributed by atoms with van der Waals surface area (Å²) in [5, 5.41) is 3.93. The third kappa shape index (κ3) is 3.45. The van der Waals surface area contributed by atoms with Crippen LogP contribution in [-0.4, -0.2) is 23.2 Å². The number of aromatic nitrogens is 2. The van der Waals surface area contributed by atoms with Crippen LogP contribution >= 0.6 is 23.2 Å². The van der Waals surface area contributed by atoms with E-state index in [0.29, 0.717) is 42.1 Å². The highest BCUT2D eigenvalue weighted by atomic mass is 35.5. The van der Waals surface area contributed by atoms with Gasteiger partial charge >= 0.3 is 0 Å². The summed E-state index contributed by atoms with van der Waals surface area (Å²) < 4.78 is 11.3. The molecule has 0 saturated heterocycles. The van der Waals surface area contributed by atoms with Gasteiger partial charge in [-0.2, -0.15) is 4.98 Å². The fourth-order valence-corrected chi connectivity index (χ4v) is 2.58. The molecular formula is C14H14Cl2N4O2. The summed E-state index contributed by atoms with van der Waals surface area (Å²) in [7, 11) is 0. The van der Waals surface area contributed by atoms with Gasteiger partial charge < -0.3 is 20.5 Å². The average molecular weight is 341 g/mol. The molecule has 2 aromatic rings. The predicted octanol–water partition coefficient (Wildman–Crippen LogP) is 3.14. The number of hydrogen-bond acceptors (Lipinski definition) is 6. The molecule has 116 valence electrons. The maximum Gasteiger partial charge on any atom is 0.223 e.